The van der Waals surface area contributed by atoms with E-state index < -0.39 is 17.7 Å². The second-order valence-electron chi connectivity index (χ2n) is 7.83. The summed E-state index contributed by atoms with van der Waals surface area (Å²) in [6.07, 6.45) is 0. The van der Waals surface area contributed by atoms with Gasteiger partial charge in [-0.3, -0.25) is 14.5 Å². The van der Waals surface area contributed by atoms with E-state index in [9.17, 15) is 14.7 Å². The lowest BCUT2D eigenvalue weighted by atomic mass is 9.96. The molecule has 0 spiro atoms. The number of fused-ring (bicyclic) bond motifs is 1. The van der Waals surface area contributed by atoms with Gasteiger partial charge < -0.3 is 9.84 Å². The monoisotopic (exact) mass is 476 g/mol. The standard InChI is InChI=1S/C25H20N2O4S2/c1-13-6-7-14(2)16(11-13)22(28)20-21(18-5-4-10-32-18)27(24(30)23(20)29)25-26-17-9-8-15(31-3)12-19(17)33-25/h4-12,21,28H,1-3H3/b22-20+. The summed E-state index contributed by atoms with van der Waals surface area (Å²) >= 11 is 2.73. The normalized spacial score (nSPS) is 17.8. The summed E-state index contributed by atoms with van der Waals surface area (Å²) in [5, 5.41) is 13.6. The van der Waals surface area contributed by atoms with Crippen molar-refractivity contribution in [2.24, 2.45) is 0 Å². The van der Waals surface area contributed by atoms with Gasteiger partial charge in [-0.25, -0.2) is 4.98 Å². The van der Waals surface area contributed by atoms with Crippen LogP contribution < -0.4 is 9.64 Å². The number of anilines is 1. The highest BCUT2D eigenvalue weighted by Gasteiger charge is 2.48. The molecule has 0 radical (unpaired) electrons. The number of aryl methyl sites for hydroxylation is 2. The molecule has 166 valence electrons. The number of amides is 1. The maximum absolute atomic E-state index is 13.3. The molecule has 2 aromatic carbocycles. The van der Waals surface area contributed by atoms with Crippen LogP contribution in [0.25, 0.3) is 16.0 Å². The third kappa shape index (κ3) is 3.51. The second kappa shape index (κ2) is 8.13. The zero-order valence-electron chi connectivity index (χ0n) is 18.2. The Morgan fingerprint density at radius 2 is 1.94 bits per heavy atom. The topological polar surface area (TPSA) is 79.7 Å². The van der Waals surface area contributed by atoms with Crippen LogP contribution in [0.4, 0.5) is 5.13 Å². The zero-order valence-corrected chi connectivity index (χ0v) is 19.8. The molecule has 5 rings (SSSR count). The molecule has 0 aliphatic carbocycles. The number of carbonyl (C=O) groups is 2. The first kappa shape index (κ1) is 21.4. The molecule has 0 bridgehead atoms. The summed E-state index contributed by atoms with van der Waals surface area (Å²) in [6.45, 7) is 3.78. The van der Waals surface area contributed by atoms with Crippen molar-refractivity contribution in [2.45, 2.75) is 19.9 Å². The number of methoxy groups -OCH3 is 1. The van der Waals surface area contributed by atoms with Gasteiger partial charge in [-0.15, -0.1) is 11.3 Å². The van der Waals surface area contributed by atoms with Crippen molar-refractivity contribution in [1.29, 1.82) is 0 Å². The molecule has 1 atom stereocenters. The fourth-order valence-electron chi connectivity index (χ4n) is 4.00. The summed E-state index contributed by atoms with van der Waals surface area (Å²) in [5.74, 6) is -0.905. The van der Waals surface area contributed by atoms with E-state index >= 15 is 0 Å². The lowest BCUT2D eigenvalue weighted by molar-refractivity contribution is -0.132. The number of ketones is 1. The number of hydrogen-bond acceptors (Lipinski definition) is 7. The molecule has 2 aromatic heterocycles. The highest BCUT2D eigenvalue weighted by Crippen LogP contribution is 2.46. The number of nitrogens with zero attached hydrogens (tertiary/aromatic N) is 2. The van der Waals surface area contributed by atoms with Crippen LogP contribution in [-0.4, -0.2) is 28.9 Å². The van der Waals surface area contributed by atoms with Gasteiger partial charge in [0.05, 0.1) is 22.9 Å². The number of hydrogen-bond donors (Lipinski definition) is 1. The summed E-state index contributed by atoms with van der Waals surface area (Å²) < 4.78 is 6.14. The molecule has 1 N–H and O–H groups in total. The minimum absolute atomic E-state index is 0.0768. The first-order valence-corrected chi connectivity index (χ1v) is 11.9. The predicted molar refractivity (Wildman–Crippen MR) is 131 cm³/mol. The Labute approximate surface area is 198 Å². The summed E-state index contributed by atoms with van der Waals surface area (Å²) in [5.41, 5.74) is 3.10. The van der Waals surface area contributed by atoms with Crippen molar-refractivity contribution >= 4 is 55.5 Å². The molecule has 1 fully saturated rings. The van der Waals surface area contributed by atoms with Crippen molar-refractivity contribution < 1.29 is 19.4 Å². The van der Waals surface area contributed by atoms with Gasteiger partial charge in [0.2, 0.25) is 0 Å². The minimum Gasteiger partial charge on any atom is -0.507 e. The van der Waals surface area contributed by atoms with Crippen molar-refractivity contribution in [3.05, 3.63) is 81.1 Å². The molecule has 1 saturated heterocycles. The third-order valence-corrected chi connectivity index (χ3v) is 7.64. The molecule has 8 heteroatoms. The van der Waals surface area contributed by atoms with Crippen LogP contribution in [0.2, 0.25) is 0 Å². The molecular weight excluding hydrogens is 456 g/mol. The molecule has 1 amide bonds. The Bertz CT molecular complexity index is 1440. The highest BCUT2D eigenvalue weighted by molar-refractivity contribution is 7.22. The SMILES string of the molecule is COc1ccc2nc(N3C(=O)C(=O)/C(=C(/O)c4cc(C)ccc4C)C3c3cccs3)sc2c1. The van der Waals surface area contributed by atoms with Crippen LogP contribution in [-0.2, 0) is 9.59 Å². The van der Waals surface area contributed by atoms with Gasteiger partial charge >= 0.3 is 5.91 Å². The largest absolute Gasteiger partial charge is 0.507 e. The summed E-state index contributed by atoms with van der Waals surface area (Å²) in [4.78, 5) is 33.4. The number of Topliss-reactive ketones (excluding diaryl/α,β-unsaturated/α-hetero) is 1. The summed E-state index contributed by atoms with van der Waals surface area (Å²) in [7, 11) is 1.59. The van der Waals surface area contributed by atoms with E-state index in [4.69, 9.17) is 4.74 Å². The van der Waals surface area contributed by atoms with Crippen LogP contribution in [0, 0.1) is 13.8 Å². The fraction of sp³-hybridized carbons (Fsp3) is 0.160. The van der Waals surface area contributed by atoms with Gasteiger partial charge in [-0.2, -0.15) is 0 Å². The molecule has 0 saturated carbocycles. The van der Waals surface area contributed by atoms with Crippen molar-refractivity contribution in [1.82, 2.24) is 4.98 Å². The molecule has 6 nitrogen and oxygen atoms in total. The number of benzene rings is 2. The number of carbonyl (C=O) groups excluding carboxylic acids is 2. The van der Waals surface area contributed by atoms with Crippen LogP contribution in [0.15, 0.2) is 59.5 Å². The first-order chi connectivity index (χ1) is 15.9. The number of rotatable bonds is 4. The number of thiophene rings is 1. The Balaban J connectivity index is 1.72. The van der Waals surface area contributed by atoms with Gasteiger partial charge in [0.15, 0.2) is 5.13 Å². The number of aliphatic hydroxyl groups is 1. The van der Waals surface area contributed by atoms with E-state index in [0.717, 1.165) is 20.7 Å². The highest BCUT2D eigenvalue weighted by atomic mass is 32.1. The van der Waals surface area contributed by atoms with E-state index in [1.54, 1.807) is 13.2 Å². The van der Waals surface area contributed by atoms with Crippen LogP contribution in [0.1, 0.15) is 27.6 Å². The second-order valence-corrected chi connectivity index (χ2v) is 9.82. The van der Waals surface area contributed by atoms with E-state index in [-0.39, 0.29) is 11.3 Å². The van der Waals surface area contributed by atoms with Gasteiger partial charge in [0.25, 0.3) is 5.78 Å². The third-order valence-electron chi connectivity index (χ3n) is 5.70. The van der Waals surface area contributed by atoms with Gasteiger partial charge in [-0.1, -0.05) is 35.1 Å². The maximum Gasteiger partial charge on any atom is 0.301 e. The average molecular weight is 477 g/mol. The smallest absolute Gasteiger partial charge is 0.301 e. The minimum atomic E-state index is -0.757. The van der Waals surface area contributed by atoms with Crippen molar-refractivity contribution in [3.8, 4) is 5.75 Å². The van der Waals surface area contributed by atoms with Crippen molar-refractivity contribution in [3.63, 3.8) is 0 Å². The molecular formula is C25H20N2O4S2. The zero-order chi connectivity index (χ0) is 23.3. The Hall–Kier alpha value is -3.49. The van der Waals surface area contributed by atoms with Gasteiger partial charge in [-0.05, 0) is 55.1 Å². The van der Waals surface area contributed by atoms with Gasteiger partial charge in [0.1, 0.15) is 17.6 Å². The molecule has 3 heterocycles. The first-order valence-electron chi connectivity index (χ1n) is 10.3. The van der Waals surface area contributed by atoms with Crippen molar-refractivity contribution in [2.75, 3.05) is 12.0 Å². The van der Waals surface area contributed by atoms with E-state index in [1.165, 1.54) is 27.6 Å². The molecule has 1 unspecified atom stereocenters. The molecule has 1 aliphatic heterocycles. The van der Waals surface area contributed by atoms with Crippen LogP contribution >= 0.6 is 22.7 Å². The molecule has 4 aromatic rings. The lowest BCUT2D eigenvalue weighted by Gasteiger charge is -2.21. The molecule has 1 aliphatic rings. The Kier molecular flexibility index (Phi) is 5.26. The van der Waals surface area contributed by atoms with Crippen LogP contribution in [0.5, 0.6) is 5.75 Å². The fourth-order valence-corrected chi connectivity index (χ4v) is 5.85. The maximum atomic E-state index is 13.3. The quantitative estimate of drug-likeness (QED) is 0.235. The molecule has 33 heavy (non-hydrogen) atoms. The van der Waals surface area contributed by atoms with E-state index in [0.29, 0.717) is 22.0 Å². The Morgan fingerprint density at radius 1 is 1.12 bits per heavy atom. The van der Waals surface area contributed by atoms with Crippen LogP contribution in [0.3, 0.4) is 0 Å². The van der Waals surface area contributed by atoms with E-state index in [1.807, 2.05) is 61.7 Å². The van der Waals surface area contributed by atoms with E-state index in [2.05, 4.69) is 4.98 Å². The number of aliphatic hydroxyl groups excluding tert-OH is 1. The number of thiazole rings is 1. The predicted octanol–water partition coefficient (Wildman–Crippen LogP) is 5.61. The Morgan fingerprint density at radius 3 is 2.67 bits per heavy atom. The number of aromatic nitrogens is 1. The lowest BCUT2D eigenvalue weighted by Crippen LogP contribution is -2.28. The number of ether oxygens (including phenoxy) is 1. The average Bonchev–Trinajstić information content (AvgIpc) is 3.53. The van der Waals surface area contributed by atoms with Gasteiger partial charge in [0, 0.05) is 10.4 Å². The summed E-state index contributed by atoms with van der Waals surface area (Å²) in [6, 6.07) is 14.1.